The fourth-order valence-electron chi connectivity index (χ4n) is 3.03. The molecule has 1 fully saturated rings. The van der Waals surface area contributed by atoms with Crippen LogP contribution in [0.5, 0.6) is 5.75 Å². The molecule has 0 aliphatic carbocycles. The predicted molar refractivity (Wildman–Crippen MR) is 121 cm³/mol. The Morgan fingerprint density at radius 1 is 0.848 bits per heavy atom. The highest BCUT2D eigenvalue weighted by atomic mass is 35.5. The van der Waals surface area contributed by atoms with Crippen LogP contribution in [0.25, 0.3) is 6.08 Å². The third-order valence-corrected chi connectivity index (χ3v) is 6.13. The van der Waals surface area contributed by atoms with Crippen molar-refractivity contribution in [2.75, 3.05) is 4.90 Å². The molecule has 3 aromatic carbocycles. The first kappa shape index (κ1) is 22.3. The number of urea groups is 1. The van der Waals surface area contributed by atoms with Gasteiger partial charge >= 0.3 is 16.1 Å². The van der Waals surface area contributed by atoms with Crippen LogP contribution < -0.4 is 14.4 Å². The minimum absolute atomic E-state index is 0.00706. The fraction of sp³-hybridized carbons (Fsp3) is 0. The number of imide groups is 2. The normalized spacial score (nSPS) is 15.5. The van der Waals surface area contributed by atoms with E-state index in [1.165, 1.54) is 66.7 Å². The maximum absolute atomic E-state index is 12.9. The highest BCUT2D eigenvalue weighted by molar-refractivity contribution is 7.87. The molecule has 0 bridgehead atoms. The summed E-state index contributed by atoms with van der Waals surface area (Å²) in [6.07, 6.45) is 1.29. The second-order valence-corrected chi connectivity index (χ2v) is 8.84. The van der Waals surface area contributed by atoms with Crippen molar-refractivity contribution >= 4 is 51.3 Å². The number of benzene rings is 3. The number of carbonyl (C=O) groups excluding carboxylic acids is 3. The molecule has 33 heavy (non-hydrogen) atoms. The van der Waals surface area contributed by atoms with E-state index < -0.39 is 28.0 Å². The van der Waals surface area contributed by atoms with E-state index in [-0.39, 0.29) is 21.9 Å². The lowest BCUT2D eigenvalue weighted by molar-refractivity contribution is -0.122. The highest BCUT2D eigenvalue weighted by Gasteiger charge is 2.36. The summed E-state index contributed by atoms with van der Waals surface area (Å²) in [5.74, 6) is -1.60. The second-order valence-electron chi connectivity index (χ2n) is 6.85. The molecular formula is C23H15ClN2O6S. The van der Waals surface area contributed by atoms with Crippen molar-refractivity contribution in [1.29, 1.82) is 0 Å². The SMILES string of the molecule is O=C1NC(=O)N(c2ccc(Cl)cc2)C(=O)/C1=C/c1ccc(OS(=O)(=O)c2ccccc2)cc1. The van der Waals surface area contributed by atoms with E-state index in [0.29, 0.717) is 10.6 Å². The van der Waals surface area contributed by atoms with Gasteiger partial charge in [0.15, 0.2) is 0 Å². The van der Waals surface area contributed by atoms with E-state index in [1.54, 1.807) is 18.2 Å². The Morgan fingerprint density at radius 3 is 2.12 bits per heavy atom. The molecule has 0 spiro atoms. The van der Waals surface area contributed by atoms with Crippen LogP contribution in [0.2, 0.25) is 5.02 Å². The van der Waals surface area contributed by atoms with Crippen molar-refractivity contribution in [2.45, 2.75) is 4.90 Å². The average Bonchev–Trinajstić information content (AvgIpc) is 2.79. The maximum Gasteiger partial charge on any atom is 0.339 e. The van der Waals surface area contributed by atoms with Crippen LogP contribution in [0.15, 0.2) is 89.3 Å². The van der Waals surface area contributed by atoms with Crippen LogP contribution in [0.4, 0.5) is 10.5 Å². The van der Waals surface area contributed by atoms with Gasteiger partial charge in [-0.05, 0) is 60.2 Å². The standard InChI is InChI=1S/C23H15ClN2O6S/c24-16-8-10-17(11-9-16)26-22(28)20(21(27)25-23(26)29)14-15-6-12-18(13-7-15)32-33(30,31)19-4-2-1-3-5-19/h1-14H,(H,25,27,29)/b20-14+. The van der Waals surface area contributed by atoms with Gasteiger partial charge in [-0.1, -0.05) is 41.9 Å². The number of nitrogens with zero attached hydrogens (tertiary/aromatic N) is 1. The molecule has 0 aromatic heterocycles. The van der Waals surface area contributed by atoms with Gasteiger partial charge in [0.2, 0.25) is 0 Å². The molecule has 1 aliphatic rings. The third kappa shape index (κ3) is 4.79. The Hall–Kier alpha value is -3.95. The summed E-state index contributed by atoms with van der Waals surface area (Å²) in [6.45, 7) is 0. The average molecular weight is 483 g/mol. The van der Waals surface area contributed by atoms with Crippen molar-refractivity contribution in [2.24, 2.45) is 0 Å². The molecule has 1 heterocycles. The number of barbiturate groups is 1. The first-order chi connectivity index (χ1) is 15.7. The minimum Gasteiger partial charge on any atom is -0.379 e. The number of anilines is 1. The molecule has 1 saturated heterocycles. The Kier molecular flexibility index (Phi) is 5.99. The van der Waals surface area contributed by atoms with Gasteiger partial charge in [-0.15, -0.1) is 0 Å². The van der Waals surface area contributed by atoms with Gasteiger partial charge in [0.05, 0.1) is 5.69 Å². The molecule has 166 valence electrons. The largest absolute Gasteiger partial charge is 0.379 e. The third-order valence-electron chi connectivity index (χ3n) is 4.62. The second kappa shape index (κ2) is 8.89. The van der Waals surface area contributed by atoms with E-state index >= 15 is 0 Å². The van der Waals surface area contributed by atoms with Crippen LogP contribution in [-0.2, 0) is 19.7 Å². The van der Waals surface area contributed by atoms with Crippen molar-refractivity contribution in [3.8, 4) is 5.75 Å². The van der Waals surface area contributed by atoms with Crippen molar-refractivity contribution in [3.63, 3.8) is 0 Å². The van der Waals surface area contributed by atoms with Gasteiger partial charge in [0.25, 0.3) is 11.8 Å². The minimum atomic E-state index is -4.01. The summed E-state index contributed by atoms with van der Waals surface area (Å²) in [5.41, 5.74) is 0.397. The number of amides is 4. The van der Waals surface area contributed by atoms with Crippen molar-refractivity contribution in [3.05, 3.63) is 95.0 Å². The number of halogens is 1. The molecule has 4 rings (SSSR count). The molecule has 4 amide bonds. The zero-order valence-corrected chi connectivity index (χ0v) is 18.3. The smallest absolute Gasteiger partial charge is 0.339 e. The van der Waals surface area contributed by atoms with E-state index in [1.807, 2.05) is 0 Å². The molecule has 10 heteroatoms. The lowest BCUT2D eigenvalue weighted by Crippen LogP contribution is -2.54. The molecule has 0 unspecified atom stereocenters. The van der Waals surface area contributed by atoms with E-state index in [4.69, 9.17) is 15.8 Å². The summed E-state index contributed by atoms with van der Waals surface area (Å²) in [7, 11) is -4.01. The number of hydrogen-bond acceptors (Lipinski definition) is 6. The van der Waals surface area contributed by atoms with Crippen LogP contribution in [0, 0.1) is 0 Å². The molecule has 3 aromatic rings. The number of carbonyl (C=O) groups is 3. The molecule has 0 atom stereocenters. The Labute approximate surface area is 194 Å². The Bertz CT molecular complexity index is 1370. The van der Waals surface area contributed by atoms with Gasteiger partial charge in [-0.25, -0.2) is 9.69 Å². The van der Waals surface area contributed by atoms with E-state index in [9.17, 15) is 22.8 Å². The summed E-state index contributed by atoms with van der Waals surface area (Å²) >= 11 is 5.85. The first-order valence-corrected chi connectivity index (χ1v) is 11.3. The first-order valence-electron chi connectivity index (χ1n) is 9.51. The van der Waals surface area contributed by atoms with Crippen LogP contribution in [0.1, 0.15) is 5.56 Å². The monoisotopic (exact) mass is 482 g/mol. The lowest BCUT2D eigenvalue weighted by atomic mass is 10.1. The number of hydrogen-bond donors (Lipinski definition) is 1. The van der Waals surface area contributed by atoms with Crippen LogP contribution in [0.3, 0.4) is 0 Å². The van der Waals surface area contributed by atoms with Gasteiger partial charge < -0.3 is 4.18 Å². The van der Waals surface area contributed by atoms with Gasteiger partial charge in [0, 0.05) is 5.02 Å². The zero-order chi connectivity index (χ0) is 23.6. The summed E-state index contributed by atoms with van der Waals surface area (Å²) in [6, 6.07) is 18.5. The van der Waals surface area contributed by atoms with Gasteiger partial charge in [-0.2, -0.15) is 8.42 Å². The number of nitrogens with one attached hydrogen (secondary N) is 1. The van der Waals surface area contributed by atoms with E-state index in [0.717, 1.165) is 4.90 Å². The molecule has 0 saturated carbocycles. The molecular weight excluding hydrogens is 468 g/mol. The summed E-state index contributed by atoms with van der Waals surface area (Å²) in [5, 5.41) is 2.55. The van der Waals surface area contributed by atoms with Crippen molar-refractivity contribution in [1.82, 2.24) is 5.32 Å². The topological polar surface area (TPSA) is 110 Å². The maximum atomic E-state index is 12.9. The molecule has 0 radical (unpaired) electrons. The lowest BCUT2D eigenvalue weighted by Gasteiger charge is -2.26. The zero-order valence-electron chi connectivity index (χ0n) is 16.8. The quantitative estimate of drug-likeness (QED) is 0.337. The predicted octanol–water partition coefficient (Wildman–Crippen LogP) is 3.77. The van der Waals surface area contributed by atoms with Crippen molar-refractivity contribution < 1.29 is 27.0 Å². The summed E-state index contributed by atoms with van der Waals surface area (Å²) < 4.78 is 29.8. The van der Waals surface area contributed by atoms with Gasteiger partial charge in [0.1, 0.15) is 16.2 Å². The Balaban J connectivity index is 1.57. The summed E-state index contributed by atoms with van der Waals surface area (Å²) in [4.78, 5) is 38.2. The van der Waals surface area contributed by atoms with Gasteiger partial charge in [-0.3, -0.25) is 14.9 Å². The molecule has 8 nitrogen and oxygen atoms in total. The van der Waals surface area contributed by atoms with Crippen LogP contribution >= 0.6 is 11.6 Å². The van der Waals surface area contributed by atoms with E-state index in [2.05, 4.69) is 5.32 Å². The number of rotatable bonds is 5. The molecule has 1 aliphatic heterocycles. The Morgan fingerprint density at radius 2 is 1.48 bits per heavy atom. The fourth-order valence-corrected chi connectivity index (χ4v) is 4.11. The van der Waals surface area contributed by atoms with Crippen LogP contribution in [-0.4, -0.2) is 26.3 Å². The highest BCUT2D eigenvalue weighted by Crippen LogP contribution is 2.25. The molecule has 1 N–H and O–H groups in total.